The van der Waals surface area contributed by atoms with E-state index in [1.165, 1.54) is 18.0 Å². The summed E-state index contributed by atoms with van der Waals surface area (Å²) in [7, 11) is 0. The van der Waals surface area contributed by atoms with E-state index in [9.17, 15) is 14.7 Å². The third kappa shape index (κ3) is 8.08. The van der Waals surface area contributed by atoms with Gasteiger partial charge in [0.25, 0.3) is 11.8 Å². The fraction of sp³-hybridized carbons (Fsp3) is 0.269. The molecule has 3 aromatic rings. The summed E-state index contributed by atoms with van der Waals surface area (Å²) in [5.41, 5.74) is 4.52. The zero-order valence-electron chi connectivity index (χ0n) is 19.4. The van der Waals surface area contributed by atoms with Crippen molar-refractivity contribution in [2.75, 3.05) is 6.54 Å². The first-order valence-electron chi connectivity index (χ1n) is 11.3. The highest BCUT2D eigenvalue weighted by molar-refractivity contribution is 5.97. The molecule has 1 heterocycles. The van der Waals surface area contributed by atoms with Gasteiger partial charge in [0.05, 0.1) is 12.4 Å². The Morgan fingerprint density at radius 1 is 1.06 bits per heavy atom. The predicted molar refractivity (Wildman–Crippen MR) is 130 cm³/mol. The molecule has 5 N–H and O–H groups in total. The lowest BCUT2D eigenvalue weighted by Crippen LogP contribution is -2.51. The SMILES string of the molecule is CC(O)C(NC(=O)c1ccc(C#Cc2ccc(CNCCCn3ccnc3)cc2)cc1)C(=O)NO. The third-order valence-corrected chi connectivity index (χ3v) is 5.27. The molecule has 0 aliphatic heterocycles. The van der Waals surface area contributed by atoms with Crippen molar-refractivity contribution in [3.8, 4) is 11.8 Å². The van der Waals surface area contributed by atoms with Gasteiger partial charge in [-0.2, -0.15) is 0 Å². The summed E-state index contributed by atoms with van der Waals surface area (Å²) < 4.78 is 2.06. The number of amides is 2. The summed E-state index contributed by atoms with van der Waals surface area (Å²) in [5.74, 6) is 4.72. The fourth-order valence-corrected chi connectivity index (χ4v) is 3.29. The fourth-order valence-electron chi connectivity index (χ4n) is 3.29. The Labute approximate surface area is 204 Å². The van der Waals surface area contributed by atoms with Crippen molar-refractivity contribution in [2.24, 2.45) is 0 Å². The number of imidazole rings is 1. The first-order valence-corrected chi connectivity index (χ1v) is 11.3. The van der Waals surface area contributed by atoms with Crippen LogP contribution in [0.1, 0.15) is 40.4 Å². The maximum absolute atomic E-state index is 12.3. The summed E-state index contributed by atoms with van der Waals surface area (Å²) in [6.07, 6.45) is 5.41. The van der Waals surface area contributed by atoms with Crippen molar-refractivity contribution in [1.82, 2.24) is 25.7 Å². The molecule has 182 valence electrons. The Balaban J connectivity index is 1.48. The number of aliphatic hydroxyl groups excluding tert-OH is 1. The summed E-state index contributed by atoms with van der Waals surface area (Å²) in [6.45, 7) is 3.99. The van der Waals surface area contributed by atoms with Crippen LogP contribution in [0.3, 0.4) is 0 Å². The molecular weight excluding hydrogens is 446 g/mol. The molecule has 1 aromatic heterocycles. The highest BCUT2D eigenvalue weighted by atomic mass is 16.5. The van der Waals surface area contributed by atoms with Crippen molar-refractivity contribution in [1.29, 1.82) is 0 Å². The number of hydrogen-bond donors (Lipinski definition) is 5. The second kappa shape index (κ2) is 13.1. The monoisotopic (exact) mass is 475 g/mol. The Kier molecular flexibility index (Phi) is 9.57. The summed E-state index contributed by atoms with van der Waals surface area (Å²) in [6, 6.07) is 13.3. The predicted octanol–water partition coefficient (Wildman–Crippen LogP) is 1.45. The van der Waals surface area contributed by atoms with Crippen molar-refractivity contribution >= 4 is 11.8 Å². The Morgan fingerprint density at radius 3 is 2.29 bits per heavy atom. The van der Waals surface area contributed by atoms with Crippen LogP contribution in [-0.2, 0) is 17.9 Å². The average molecular weight is 476 g/mol. The molecule has 2 amide bonds. The number of aromatic nitrogens is 2. The number of aliphatic hydroxyl groups is 1. The molecule has 2 unspecified atom stereocenters. The molecule has 0 fully saturated rings. The van der Waals surface area contributed by atoms with Gasteiger partial charge in [0.1, 0.15) is 6.04 Å². The topological polar surface area (TPSA) is 129 Å². The molecular formula is C26H29N5O4. The van der Waals surface area contributed by atoms with E-state index in [0.717, 1.165) is 37.2 Å². The average Bonchev–Trinajstić information content (AvgIpc) is 3.39. The Hall–Kier alpha value is -3.97. The lowest BCUT2D eigenvalue weighted by atomic mass is 10.1. The minimum absolute atomic E-state index is 0.300. The van der Waals surface area contributed by atoms with Crippen LogP contribution >= 0.6 is 0 Å². The van der Waals surface area contributed by atoms with Crippen LogP contribution in [0, 0.1) is 11.8 Å². The van der Waals surface area contributed by atoms with Crippen molar-refractivity contribution < 1.29 is 19.9 Å². The van der Waals surface area contributed by atoms with Gasteiger partial charge in [0.2, 0.25) is 0 Å². The molecule has 3 rings (SSSR count). The van der Waals surface area contributed by atoms with Gasteiger partial charge in [0.15, 0.2) is 0 Å². The smallest absolute Gasteiger partial charge is 0.268 e. The molecule has 0 spiro atoms. The number of aryl methyl sites for hydroxylation is 1. The first kappa shape index (κ1) is 25.6. The molecule has 9 nitrogen and oxygen atoms in total. The van der Waals surface area contributed by atoms with Crippen molar-refractivity contribution in [3.63, 3.8) is 0 Å². The van der Waals surface area contributed by atoms with Crippen LogP contribution in [0.5, 0.6) is 0 Å². The quantitative estimate of drug-likeness (QED) is 0.131. The lowest BCUT2D eigenvalue weighted by Gasteiger charge is -2.19. The minimum Gasteiger partial charge on any atom is -0.391 e. The Morgan fingerprint density at radius 2 is 1.71 bits per heavy atom. The molecule has 0 bridgehead atoms. The number of nitrogens with one attached hydrogen (secondary N) is 3. The minimum atomic E-state index is -1.27. The van der Waals surface area contributed by atoms with Gasteiger partial charge in [-0.3, -0.25) is 14.8 Å². The van der Waals surface area contributed by atoms with E-state index in [4.69, 9.17) is 5.21 Å². The zero-order valence-corrected chi connectivity index (χ0v) is 19.4. The molecule has 35 heavy (non-hydrogen) atoms. The van der Waals surface area contributed by atoms with Crippen LogP contribution in [0.15, 0.2) is 67.3 Å². The molecule has 0 aliphatic rings. The van der Waals surface area contributed by atoms with Gasteiger partial charge < -0.3 is 20.3 Å². The maximum atomic E-state index is 12.3. The standard InChI is InChI=1S/C26H29N5O4/c1-19(32)24(26(34)30-35)29-25(33)23-11-9-21(10-12-23)4-3-20-5-7-22(8-6-20)17-27-13-2-15-31-16-14-28-18-31/h5-12,14,16,18-19,24,27,32,35H,2,13,15,17H2,1H3,(H,29,33)(H,30,34). The molecule has 2 aromatic carbocycles. The molecule has 0 radical (unpaired) electrons. The number of hydroxylamine groups is 1. The second-order valence-corrected chi connectivity index (χ2v) is 8.02. The van der Waals surface area contributed by atoms with Gasteiger partial charge in [-0.1, -0.05) is 24.0 Å². The zero-order chi connectivity index (χ0) is 25.0. The summed E-state index contributed by atoms with van der Waals surface area (Å²) in [4.78, 5) is 27.9. The van der Waals surface area contributed by atoms with Gasteiger partial charge in [-0.05, 0) is 61.9 Å². The van der Waals surface area contributed by atoms with Crippen LogP contribution in [-0.4, -0.2) is 50.4 Å². The van der Waals surface area contributed by atoms with Crippen LogP contribution in [0.25, 0.3) is 0 Å². The van der Waals surface area contributed by atoms with E-state index in [1.807, 2.05) is 36.8 Å². The Bertz CT molecular complexity index is 1150. The summed E-state index contributed by atoms with van der Waals surface area (Å²) >= 11 is 0. The van der Waals surface area contributed by atoms with Crippen LogP contribution in [0.4, 0.5) is 0 Å². The molecule has 0 saturated carbocycles. The second-order valence-electron chi connectivity index (χ2n) is 8.02. The van der Waals surface area contributed by atoms with Crippen LogP contribution < -0.4 is 16.1 Å². The van der Waals surface area contributed by atoms with Crippen molar-refractivity contribution in [2.45, 2.75) is 38.6 Å². The molecule has 2 atom stereocenters. The number of carbonyl (C=O) groups excluding carboxylic acids is 2. The third-order valence-electron chi connectivity index (χ3n) is 5.27. The number of hydrogen-bond acceptors (Lipinski definition) is 6. The van der Waals surface area contributed by atoms with E-state index in [-0.39, 0.29) is 0 Å². The maximum Gasteiger partial charge on any atom is 0.268 e. The van der Waals surface area contributed by atoms with E-state index < -0.39 is 24.0 Å². The van der Waals surface area contributed by atoms with Gasteiger partial charge >= 0.3 is 0 Å². The van der Waals surface area contributed by atoms with E-state index in [1.54, 1.807) is 30.5 Å². The highest BCUT2D eigenvalue weighted by Crippen LogP contribution is 2.07. The molecule has 0 saturated heterocycles. The number of nitrogens with zero attached hydrogens (tertiary/aromatic N) is 2. The van der Waals surface area contributed by atoms with E-state index >= 15 is 0 Å². The van der Waals surface area contributed by atoms with Gasteiger partial charge in [0, 0.05) is 42.2 Å². The van der Waals surface area contributed by atoms with E-state index in [0.29, 0.717) is 5.56 Å². The van der Waals surface area contributed by atoms with Crippen LogP contribution in [0.2, 0.25) is 0 Å². The molecule has 0 aliphatic carbocycles. The number of carbonyl (C=O) groups is 2. The van der Waals surface area contributed by atoms with Gasteiger partial charge in [-0.15, -0.1) is 0 Å². The van der Waals surface area contributed by atoms with Crippen molar-refractivity contribution in [3.05, 3.63) is 89.5 Å². The largest absolute Gasteiger partial charge is 0.391 e. The van der Waals surface area contributed by atoms with E-state index in [2.05, 4.69) is 32.0 Å². The lowest BCUT2D eigenvalue weighted by molar-refractivity contribution is -0.133. The normalized spacial score (nSPS) is 12.2. The number of benzene rings is 2. The first-order chi connectivity index (χ1) is 17.0. The number of rotatable bonds is 10. The molecule has 9 heteroatoms. The highest BCUT2D eigenvalue weighted by Gasteiger charge is 2.25. The van der Waals surface area contributed by atoms with Gasteiger partial charge in [-0.25, -0.2) is 10.5 Å². The summed E-state index contributed by atoms with van der Waals surface area (Å²) in [5, 5.41) is 24.2.